The Morgan fingerprint density at radius 2 is 1.83 bits per heavy atom. The van der Waals surface area contributed by atoms with E-state index in [0.29, 0.717) is 24.2 Å². The van der Waals surface area contributed by atoms with Crippen molar-refractivity contribution < 1.29 is 14.5 Å². The molecule has 0 aromatic carbocycles. The lowest BCUT2D eigenvalue weighted by Crippen LogP contribution is -2.43. The van der Waals surface area contributed by atoms with Crippen LogP contribution in [0.5, 0.6) is 0 Å². The first-order valence-corrected chi connectivity index (χ1v) is 8.18. The quantitative estimate of drug-likeness (QED) is 0.514. The van der Waals surface area contributed by atoms with Gasteiger partial charge in [-0.1, -0.05) is 0 Å². The van der Waals surface area contributed by atoms with Gasteiger partial charge in [0.2, 0.25) is 11.8 Å². The third-order valence-corrected chi connectivity index (χ3v) is 4.78. The number of hydrogen-bond acceptors (Lipinski definition) is 6. The van der Waals surface area contributed by atoms with Gasteiger partial charge in [0.1, 0.15) is 12.0 Å². The number of nitrogens with one attached hydrogen (secondary N) is 1. The molecule has 1 saturated heterocycles. The van der Waals surface area contributed by atoms with E-state index in [0.717, 1.165) is 25.7 Å². The number of anilines is 1. The minimum Gasteiger partial charge on any atom is -0.367 e. The van der Waals surface area contributed by atoms with Gasteiger partial charge in [0, 0.05) is 30.5 Å². The van der Waals surface area contributed by atoms with Crippen molar-refractivity contribution in [1.82, 2.24) is 9.88 Å². The van der Waals surface area contributed by atoms with Crippen LogP contribution in [0.15, 0.2) is 12.3 Å². The second-order valence-electron chi connectivity index (χ2n) is 6.42. The molecule has 2 fully saturated rings. The lowest BCUT2D eigenvalue weighted by molar-refractivity contribution is -0.385. The van der Waals surface area contributed by atoms with Gasteiger partial charge >= 0.3 is 0 Å². The number of amides is 2. The maximum atomic E-state index is 11.8. The fourth-order valence-corrected chi connectivity index (χ4v) is 3.51. The number of rotatable bonds is 4. The lowest BCUT2D eigenvalue weighted by Gasteiger charge is -2.34. The van der Waals surface area contributed by atoms with Gasteiger partial charge in [0.25, 0.3) is 5.69 Å². The molecule has 1 aromatic heterocycles. The molecular formula is C16H20N4O4. The van der Waals surface area contributed by atoms with Crippen LogP contribution in [0.3, 0.4) is 0 Å². The molecule has 0 bridgehead atoms. The summed E-state index contributed by atoms with van der Waals surface area (Å²) in [5, 5.41) is 14.1. The SMILES string of the molecule is Cc1cc(NC2CCC(N3C(=O)CCC3=O)CC2)ncc1[N+](=O)[O-]. The summed E-state index contributed by atoms with van der Waals surface area (Å²) in [6.45, 7) is 1.69. The third kappa shape index (κ3) is 3.22. The first kappa shape index (κ1) is 16.4. The Morgan fingerprint density at radius 3 is 2.38 bits per heavy atom. The van der Waals surface area contributed by atoms with Crippen LogP contribution in [-0.4, -0.2) is 38.7 Å². The second kappa shape index (κ2) is 6.54. The van der Waals surface area contributed by atoms with Crippen molar-refractivity contribution in [2.24, 2.45) is 0 Å². The van der Waals surface area contributed by atoms with Crippen LogP contribution in [0, 0.1) is 17.0 Å². The normalized spacial score (nSPS) is 24.3. The summed E-state index contributed by atoms with van der Waals surface area (Å²) in [5.41, 5.74) is 0.578. The highest BCUT2D eigenvalue weighted by Crippen LogP contribution is 2.29. The zero-order valence-corrected chi connectivity index (χ0v) is 13.5. The molecular weight excluding hydrogens is 312 g/mol. The minimum atomic E-state index is -0.443. The topological polar surface area (TPSA) is 105 Å². The number of aryl methyl sites for hydroxylation is 1. The summed E-state index contributed by atoms with van der Waals surface area (Å²) >= 11 is 0. The summed E-state index contributed by atoms with van der Waals surface area (Å²) in [6, 6.07) is 1.89. The molecule has 1 saturated carbocycles. The average Bonchev–Trinajstić information content (AvgIpc) is 2.87. The number of carbonyl (C=O) groups is 2. The average molecular weight is 332 g/mol. The highest BCUT2D eigenvalue weighted by atomic mass is 16.6. The van der Waals surface area contributed by atoms with Gasteiger partial charge in [0.15, 0.2) is 0 Å². The summed E-state index contributed by atoms with van der Waals surface area (Å²) in [6.07, 6.45) is 5.16. The number of nitrogens with zero attached hydrogens (tertiary/aromatic N) is 3. The zero-order valence-electron chi connectivity index (χ0n) is 13.5. The van der Waals surface area contributed by atoms with Gasteiger partial charge < -0.3 is 5.32 Å². The van der Waals surface area contributed by atoms with Crippen LogP contribution in [-0.2, 0) is 9.59 Å². The number of hydrogen-bond donors (Lipinski definition) is 1. The summed E-state index contributed by atoms with van der Waals surface area (Å²) in [4.78, 5) is 39.5. The number of aromatic nitrogens is 1. The fraction of sp³-hybridized carbons (Fsp3) is 0.562. The van der Waals surface area contributed by atoms with Crippen molar-refractivity contribution >= 4 is 23.3 Å². The lowest BCUT2D eigenvalue weighted by atomic mass is 9.90. The van der Waals surface area contributed by atoms with Crippen LogP contribution in [0.25, 0.3) is 0 Å². The molecule has 0 spiro atoms. The van der Waals surface area contributed by atoms with Gasteiger partial charge in [-0.25, -0.2) is 4.98 Å². The van der Waals surface area contributed by atoms with E-state index >= 15 is 0 Å². The molecule has 24 heavy (non-hydrogen) atoms. The number of nitro groups is 1. The maximum absolute atomic E-state index is 11.8. The predicted octanol–water partition coefficient (Wildman–Crippen LogP) is 2.17. The van der Waals surface area contributed by atoms with E-state index in [1.54, 1.807) is 13.0 Å². The number of likely N-dealkylation sites (tertiary alicyclic amines) is 1. The smallest absolute Gasteiger partial charge is 0.290 e. The number of imide groups is 1. The summed E-state index contributed by atoms with van der Waals surface area (Å²) in [5.74, 6) is 0.517. The van der Waals surface area contributed by atoms with E-state index in [-0.39, 0.29) is 29.6 Å². The molecule has 2 heterocycles. The summed E-state index contributed by atoms with van der Waals surface area (Å²) < 4.78 is 0. The van der Waals surface area contributed by atoms with Crippen LogP contribution in [0.4, 0.5) is 11.5 Å². The van der Waals surface area contributed by atoms with Crippen molar-refractivity contribution in [3.05, 3.63) is 27.9 Å². The fourth-order valence-electron chi connectivity index (χ4n) is 3.51. The van der Waals surface area contributed by atoms with Crippen molar-refractivity contribution in [2.45, 2.75) is 57.5 Å². The van der Waals surface area contributed by atoms with Crippen LogP contribution < -0.4 is 5.32 Å². The van der Waals surface area contributed by atoms with Gasteiger partial charge in [-0.2, -0.15) is 0 Å². The predicted molar refractivity (Wildman–Crippen MR) is 86.4 cm³/mol. The van der Waals surface area contributed by atoms with E-state index in [1.165, 1.54) is 11.1 Å². The monoisotopic (exact) mass is 332 g/mol. The molecule has 2 aliphatic rings. The molecule has 1 aromatic rings. The molecule has 1 aliphatic heterocycles. The molecule has 8 heteroatoms. The molecule has 3 rings (SSSR count). The Hall–Kier alpha value is -2.51. The first-order chi connectivity index (χ1) is 11.5. The summed E-state index contributed by atoms with van der Waals surface area (Å²) in [7, 11) is 0. The van der Waals surface area contributed by atoms with Gasteiger partial charge in [0.05, 0.1) is 4.92 Å². The Balaban J connectivity index is 1.58. The Morgan fingerprint density at radius 1 is 1.21 bits per heavy atom. The minimum absolute atomic E-state index is 0.00955. The molecule has 0 unspecified atom stereocenters. The molecule has 128 valence electrons. The van der Waals surface area contributed by atoms with E-state index in [9.17, 15) is 19.7 Å². The van der Waals surface area contributed by atoms with E-state index in [2.05, 4.69) is 10.3 Å². The van der Waals surface area contributed by atoms with Crippen LogP contribution in [0.2, 0.25) is 0 Å². The molecule has 1 N–H and O–H groups in total. The highest BCUT2D eigenvalue weighted by molar-refractivity contribution is 6.02. The van der Waals surface area contributed by atoms with E-state index < -0.39 is 4.92 Å². The Bertz CT molecular complexity index is 667. The maximum Gasteiger partial charge on any atom is 0.290 e. The molecule has 1 aliphatic carbocycles. The largest absolute Gasteiger partial charge is 0.367 e. The van der Waals surface area contributed by atoms with Gasteiger partial charge in [-0.05, 0) is 38.7 Å². The van der Waals surface area contributed by atoms with Crippen LogP contribution in [0.1, 0.15) is 44.1 Å². The van der Waals surface area contributed by atoms with E-state index in [4.69, 9.17) is 0 Å². The van der Waals surface area contributed by atoms with E-state index in [1.807, 2.05) is 0 Å². The third-order valence-electron chi connectivity index (χ3n) is 4.78. The van der Waals surface area contributed by atoms with Gasteiger partial charge in [-0.15, -0.1) is 0 Å². The molecule has 8 nitrogen and oxygen atoms in total. The van der Waals surface area contributed by atoms with Crippen LogP contribution >= 0.6 is 0 Å². The standard InChI is InChI=1S/C16H20N4O4/c1-10-8-14(17-9-13(10)20(23)24)18-11-2-4-12(5-3-11)19-15(21)6-7-16(19)22/h8-9,11-12H,2-7H2,1H3,(H,17,18). The first-order valence-electron chi connectivity index (χ1n) is 8.18. The molecule has 2 amide bonds. The number of carbonyl (C=O) groups excluding carboxylic acids is 2. The highest BCUT2D eigenvalue weighted by Gasteiger charge is 2.36. The van der Waals surface area contributed by atoms with Gasteiger partial charge in [-0.3, -0.25) is 24.6 Å². The molecule has 0 atom stereocenters. The van der Waals surface area contributed by atoms with Crippen molar-refractivity contribution in [3.8, 4) is 0 Å². The zero-order chi connectivity index (χ0) is 17.3. The van der Waals surface area contributed by atoms with Crippen molar-refractivity contribution in [3.63, 3.8) is 0 Å². The molecule has 0 radical (unpaired) electrons. The Kier molecular flexibility index (Phi) is 4.46. The van der Waals surface area contributed by atoms with Crippen molar-refractivity contribution in [2.75, 3.05) is 5.32 Å². The Labute approximate surface area is 139 Å². The van der Waals surface area contributed by atoms with Crippen molar-refractivity contribution in [1.29, 1.82) is 0 Å². The number of pyridine rings is 1. The second-order valence-corrected chi connectivity index (χ2v) is 6.42.